The van der Waals surface area contributed by atoms with Crippen molar-refractivity contribution in [1.29, 1.82) is 0 Å². The summed E-state index contributed by atoms with van der Waals surface area (Å²) in [5.41, 5.74) is 5.64. The number of hydrogen-bond acceptors (Lipinski definition) is 3. The van der Waals surface area contributed by atoms with E-state index in [9.17, 15) is 18.7 Å². The number of rotatable bonds is 5. The summed E-state index contributed by atoms with van der Waals surface area (Å²) in [5, 5.41) is 18.0. The predicted octanol–water partition coefficient (Wildman–Crippen LogP) is 2.19. The van der Waals surface area contributed by atoms with E-state index >= 15 is 0 Å². The van der Waals surface area contributed by atoms with Crippen molar-refractivity contribution in [1.82, 2.24) is 0 Å². The van der Waals surface area contributed by atoms with Gasteiger partial charge >= 0.3 is 5.97 Å². The van der Waals surface area contributed by atoms with E-state index in [4.69, 9.17) is 10.8 Å². The molecule has 94 valence electrons. The second kappa shape index (κ2) is 5.58. The molecule has 0 saturated heterocycles. The van der Waals surface area contributed by atoms with Crippen molar-refractivity contribution in [2.24, 2.45) is 5.73 Å². The third kappa shape index (κ3) is 3.67. The van der Waals surface area contributed by atoms with Gasteiger partial charge in [0.15, 0.2) is 0 Å². The number of aromatic hydroxyl groups is 1. The first-order valence-corrected chi connectivity index (χ1v) is 5.00. The minimum Gasteiger partial charge on any atom is -0.508 e. The van der Waals surface area contributed by atoms with Gasteiger partial charge in [0.05, 0.1) is 0 Å². The molecule has 4 nitrogen and oxygen atoms in total. The Morgan fingerprint density at radius 1 is 1.41 bits per heavy atom. The maximum absolute atomic E-state index is 12.3. The number of nitrogens with two attached hydrogens (primary N) is 1. The molecule has 0 saturated carbocycles. The number of halogens is 2. The van der Waals surface area contributed by atoms with Gasteiger partial charge in [0, 0.05) is 23.6 Å². The van der Waals surface area contributed by atoms with Crippen molar-refractivity contribution < 1.29 is 23.8 Å². The van der Waals surface area contributed by atoms with E-state index in [1.807, 2.05) is 0 Å². The van der Waals surface area contributed by atoms with Crippen LogP contribution in [0.5, 0.6) is 5.75 Å². The summed E-state index contributed by atoms with van der Waals surface area (Å²) >= 11 is 0. The normalized spacial score (nSPS) is 12.7. The van der Waals surface area contributed by atoms with Gasteiger partial charge in [-0.2, -0.15) is 0 Å². The summed E-state index contributed by atoms with van der Waals surface area (Å²) in [6, 6.07) is 2.72. The number of aliphatic carboxylic acids is 1. The van der Waals surface area contributed by atoms with Crippen LogP contribution in [0.4, 0.5) is 8.78 Å². The number of phenols is 1. The predicted molar refractivity (Wildman–Crippen MR) is 56.9 cm³/mol. The van der Waals surface area contributed by atoms with Gasteiger partial charge in [-0.15, -0.1) is 0 Å². The zero-order valence-electron chi connectivity index (χ0n) is 8.94. The molecule has 6 heteroatoms. The van der Waals surface area contributed by atoms with E-state index in [2.05, 4.69) is 0 Å². The van der Waals surface area contributed by atoms with Crippen LogP contribution < -0.4 is 5.73 Å². The zero-order chi connectivity index (χ0) is 13.0. The maximum atomic E-state index is 12.3. The van der Waals surface area contributed by atoms with Gasteiger partial charge in [-0.25, -0.2) is 8.78 Å². The smallest absolute Gasteiger partial charge is 0.303 e. The molecule has 1 atom stereocenters. The molecule has 0 radical (unpaired) electrons. The highest BCUT2D eigenvalue weighted by molar-refractivity contribution is 5.66. The molecule has 0 fully saturated rings. The lowest BCUT2D eigenvalue weighted by molar-refractivity contribution is -0.137. The first-order valence-electron chi connectivity index (χ1n) is 5.00. The van der Waals surface area contributed by atoms with Crippen LogP contribution in [0.25, 0.3) is 0 Å². The number of carboxylic acids is 1. The monoisotopic (exact) mass is 245 g/mol. The molecule has 17 heavy (non-hydrogen) atoms. The van der Waals surface area contributed by atoms with Crippen molar-refractivity contribution in [3.05, 3.63) is 29.3 Å². The van der Waals surface area contributed by atoms with Gasteiger partial charge in [-0.3, -0.25) is 4.79 Å². The van der Waals surface area contributed by atoms with Gasteiger partial charge < -0.3 is 15.9 Å². The Bertz CT molecular complexity index is 410. The molecule has 1 rings (SSSR count). The number of carboxylic acid groups (broad SMARTS) is 1. The number of phenolic OH excluding ortho intramolecular Hbond substituents is 1. The van der Waals surface area contributed by atoms with Crippen molar-refractivity contribution in [3.8, 4) is 5.75 Å². The van der Waals surface area contributed by atoms with Crippen LogP contribution in [0.1, 0.15) is 36.4 Å². The Hall–Kier alpha value is -1.69. The second-order valence-corrected chi connectivity index (χ2v) is 3.66. The molecule has 1 unspecified atom stereocenters. The molecule has 1 aromatic rings. The number of benzene rings is 1. The Balaban J connectivity index is 2.80. The van der Waals surface area contributed by atoms with Crippen molar-refractivity contribution in [2.75, 3.05) is 0 Å². The van der Waals surface area contributed by atoms with E-state index in [1.54, 1.807) is 0 Å². The van der Waals surface area contributed by atoms with Gasteiger partial charge in [-0.1, -0.05) is 12.1 Å². The Labute approximate surface area is 96.7 Å². The fourth-order valence-corrected chi connectivity index (χ4v) is 1.44. The van der Waals surface area contributed by atoms with Crippen LogP contribution in [0.2, 0.25) is 0 Å². The van der Waals surface area contributed by atoms with Gasteiger partial charge in [0.2, 0.25) is 0 Å². The summed E-state index contributed by atoms with van der Waals surface area (Å²) in [7, 11) is 0. The molecular weight excluding hydrogens is 232 g/mol. The average Bonchev–Trinajstić information content (AvgIpc) is 2.25. The lowest BCUT2D eigenvalue weighted by Gasteiger charge is -2.13. The van der Waals surface area contributed by atoms with Gasteiger partial charge in [0.25, 0.3) is 6.43 Å². The van der Waals surface area contributed by atoms with E-state index < -0.39 is 18.4 Å². The largest absolute Gasteiger partial charge is 0.508 e. The average molecular weight is 245 g/mol. The topological polar surface area (TPSA) is 83.6 Å². The van der Waals surface area contributed by atoms with Gasteiger partial charge in [-0.05, 0) is 12.5 Å². The van der Waals surface area contributed by atoms with E-state index in [1.165, 1.54) is 12.1 Å². The number of hydrogen-bond donors (Lipinski definition) is 3. The van der Waals surface area contributed by atoms with Crippen molar-refractivity contribution in [3.63, 3.8) is 0 Å². The first kappa shape index (κ1) is 13.4. The van der Waals surface area contributed by atoms with Crippen LogP contribution >= 0.6 is 0 Å². The van der Waals surface area contributed by atoms with Crippen LogP contribution in [-0.2, 0) is 4.79 Å². The summed E-state index contributed by atoms with van der Waals surface area (Å²) in [6.45, 7) is 0. The van der Waals surface area contributed by atoms with E-state index in [0.717, 1.165) is 6.07 Å². The summed E-state index contributed by atoms with van der Waals surface area (Å²) in [4.78, 5) is 10.3. The molecule has 0 aliphatic carbocycles. The van der Waals surface area contributed by atoms with Crippen LogP contribution in [0, 0.1) is 0 Å². The minimum atomic E-state index is -2.66. The fourth-order valence-electron chi connectivity index (χ4n) is 1.44. The van der Waals surface area contributed by atoms with Crippen LogP contribution in [0.3, 0.4) is 0 Å². The lowest BCUT2D eigenvalue weighted by atomic mass is 10.0. The number of alkyl halides is 2. The summed E-state index contributed by atoms with van der Waals surface area (Å²) in [5.74, 6) is -1.33. The molecule has 1 aromatic carbocycles. The van der Waals surface area contributed by atoms with E-state index in [-0.39, 0.29) is 29.7 Å². The Kier molecular flexibility index (Phi) is 4.39. The summed E-state index contributed by atoms with van der Waals surface area (Å²) < 4.78 is 24.6. The number of carbonyl (C=O) groups is 1. The van der Waals surface area contributed by atoms with Crippen molar-refractivity contribution in [2.45, 2.75) is 25.3 Å². The molecule has 4 N–H and O–H groups in total. The standard InChI is InChI=1S/C11H13F2NO3/c12-11(13)6-1-2-7(9(15)5-6)8(14)3-4-10(16)17/h1-2,5,8,11,15H,3-4,14H2,(H,16,17). The molecule has 0 amide bonds. The fraction of sp³-hybridized carbons (Fsp3) is 0.364. The summed E-state index contributed by atoms with van der Waals surface area (Å²) in [6.07, 6.45) is -2.67. The van der Waals surface area contributed by atoms with Crippen LogP contribution in [-0.4, -0.2) is 16.2 Å². The maximum Gasteiger partial charge on any atom is 0.303 e. The zero-order valence-corrected chi connectivity index (χ0v) is 8.94. The molecular formula is C11H13F2NO3. The SMILES string of the molecule is NC(CCC(=O)O)c1ccc(C(F)F)cc1O. The third-order valence-electron chi connectivity index (χ3n) is 2.38. The quantitative estimate of drug-likeness (QED) is 0.742. The lowest BCUT2D eigenvalue weighted by Crippen LogP contribution is -2.12. The van der Waals surface area contributed by atoms with Crippen LogP contribution in [0.15, 0.2) is 18.2 Å². The molecule has 0 heterocycles. The highest BCUT2D eigenvalue weighted by Gasteiger charge is 2.15. The Morgan fingerprint density at radius 3 is 2.53 bits per heavy atom. The van der Waals surface area contributed by atoms with Crippen molar-refractivity contribution >= 4 is 5.97 Å². The Morgan fingerprint density at radius 2 is 2.06 bits per heavy atom. The third-order valence-corrected chi connectivity index (χ3v) is 2.38. The highest BCUT2D eigenvalue weighted by Crippen LogP contribution is 2.30. The molecule has 0 aliphatic rings. The molecule has 0 aliphatic heterocycles. The molecule has 0 spiro atoms. The second-order valence-electron chi connectivity index (χ2n) is 3.66. The molecule has 0 aromatic heterocycles. The van der Waals surface area contributed by atoms with E-state index in [0.29, 0.717) is 0 Å². The highest BCUT2D eigenvalue weighted by atomic mass is 19.3. The van der Waals surface area contributed by atoms with Gasteiger partial charge in [0.1, 0.15) is 5.75 Å². The first-order chi connectivity index (χ1) is 7.91. The minimum absolute atomic E-state index is 0.136. The molecule has 0 bridgehead atoms.